The molecule has 0 radical (unpaired) electrons. The third-order valence-corrected chi connectivity index (χ3v) is 10.9. The lowest BCUT2D eigenvalue weighted by molar-refractivity contribution is -0.161. The molecule has 0 spiro atoms. The maximum absolute atomic E-state index is 13.4. The van der Waals surface area contributed by atoms with Crippen molar-refractivity contribution in [1.82, 2.24) is 4.90 Å². The molecule has 0 amide bonds. The maximum Gasteiger partial charge on any atom is 0.311 e. The Morgan fingerprint density at radius 1 is 0.538 bits per heavy atom. The second-order valence-electron chi connectivity index (χ2n) is 16.6. The van der Waals surface area contributed by atoms with Gasteiger partial charge in [-0.3, -0.25) is 9.59 Å². The zero-order valence-electron chi connectivity index (χ0n) is 35.8. The molecular formula is C46H91NO5. The van der Waals surface area contributed by atoms with Crippen molar-refractivity contribution in [3.8, 4) is 0 Å². The Kier molecular flexibility index (Phi) is 37.3. The highest BCUT2D eigenvalue weighted by atomic mass is 16.5. The molecule has 0 saturated heterocycles. The van der Waals surface area contributed by atoms with Gasteiger partial charge in [0.05, 0.1) is 12.0 Å². The Hall–Kier alpha value is -1.14. The van der Waals surface area contributed by atoms with Gasteiger partial charge in [-0.2, -0.15) is 0 Å². The zero-order valence-corrected chi connectivity index (χ0v) is 35.8. The molecule has 0 bridgehead atoms. The molecule has 1 N–H and O–H groups in total. The van der Waals surface area contributed by atoms with Gasteiger partial charge in [-0.15, -0.1) is 0 Å². The molecule has 0 saturated carbocycles. The average Bonchev–Trinajstić information content (AvgIpc) is 3.13. The lowest BCUT2D eigenvalue weighted by Gasteiger charge is -2.27. The van der Waals surface area contributed by atoms with Crippen molar-refractivity contribution in [1.29, 1.82) is 0 Å². The lowest BCUT2D eigenvalue weighted by Crippen LogP contribution is -2.31. The van der Waals surface area contributed by atoms with Crippen LogP contribution in [0.3, 0.4) is 0 Å². The first-order chi connectivity index (χ1) is 25.3. The van der Waals surface area contributed by atoms with Crippen LogP contribution in [0.2, 0.25) is 0 Å². The summed E-state index contributed by atoms with van der Waals surface area (Å²) in [5, 5.41) is 9.29. The number of carbonyl (C=O) groups excluding carboxylic acids is 2. The molecule has 0 aliphatic rings. The van der Waals surface area contributed by atoms with Crippen LogP contribution >= 0.6 is 0 Å². The minimum absolute atomic E-state index is 0.00146. The maximum atomic E-state index is 13.4. The van der Waals surface area contributed by atoms with Crippen molar-refractivity contribution in [2.24, 2.45) is 5.41 Å². The van der Waals surface area contributed by atoms with E-state index < -0.39 is 5.41 Å². The molecule has 0 aromatic rings. The minimum Gasteiger partial charge on any atom is -0.466 e. The van der Waals surface area contributed by atoms with Crippen molar-refractivity contribution >= 4 is 11.9 Å². The van der Waals surface area contributed by atoms with E-state index in [0.29, 0.717) is 13.0 Å². The summed E-state index contributed by atoms with van der Waals surface area (Å²) in [6.45, 7) is 14.8. The summed E-state index contributed by atoms with van der Waals surface area (Å²) in [7, 11) is 0. The van der Waals surface area contributed by atoms with Crippen molar-refractivity contribution in [2.75, 3.05) is 32.8 Å². The van der Waals surface area contributed by atoms with E-state index in [0.717, 1.165) is 103 Å². The number of ether oxygens (including phenoxy) is 2. The van der Waals surface area contributed by atoms with Crippen LogP contribution in [0.15, 0.2) is 0 Å². The Balaban J connectivity index is 4.40. The fraction of sp³-hybridized carbons (Fsp3) is 0.957. The molecule has 6 nitrogen and oxygen atoms in total. The van der Waals surface area contributed by atoms with Crippen LogP contribution in [-0.2, 0) is 19.1 Å². The van der Waals surface area contributed by atoms with Crippen molar-refractivity contribution in [2.45, 2.75) is 246 Å². The first-order valence-electron chi connectivity index (χ1n) is 23.0. The molecule has 0 aromatic carbocycles. The van der Waals surface area contributed by atoms with E-state index in [1.807, 2.05) is 0 Å². The fourth-order valence-electron chi connectivity index (χ4n) is 7.12. The zero-order chi connectivity index (χ0) is 38.4. The number of aliphatic hydroxyl groups excluding tert-OH is 1. The Bertz CT molecular complexity index is 756. The van der Waals surface area contributed by atoms with Gasteiger partial charge in [-0.1, -0.05) is 149 Å². The molecule has 0 aliphatic heterocycles. The van der Waals surface area contributed by atoms with Gasteiger partial charge in [-0.05, 0) is 104 Å². The highest BCUT2D eigenvalue weighted by molar-refractivity contribution is 5.76. The van der Waals surface area contributed by atoms with Crippen LogP contribution in [0.4, 0.5) is 0 Å². The van der Waals surface area contributed by atoms with Gasteiger partial charge in [0.2, 0.25) is 0 Å². The SMILES string of the molecule is CCCCCCCCCCOC(=O)CCCCN(CCCCO)CCCCCCC(C)(C)C(=O)OC(CCCCCCCC)CCCCCCCC. The summed E-state index contributed by atoms with van der Waals surface area (Å²) in [5.41, 5.74) is -0.439. The first-order valence-corrected chi connectivity index (χ1v) is 23.0. The van der Waals surface area contributed by atoms with Crippen LogP contribution in [0.25, 0.3) is 0 Å². The first kappa shape index (κ1) is 50.9. The van der Waals surface area contributed by atoms with E-state index in [2.05, 4.69) is 39.5 Å². The monoisotopic (exact) mass is 738 g/mol. The quantitative estimate of drug-likeness (QED) is 0.0497. The third kappa shape index (κ3) is 33.4. The molecule has 310 valence electrons. The van der Waals surface area contributed by atoms with Gasteiger partial charge in [0.15, 0.2) is 0 Å². The summed E-state index contributed by atoms with van der Waals surface area (Å²) < 4.78 is 11.7. The van der Waals surface area contributed by atoms with E-state index in [1.165, 1.54) is 116 Å². The Morgan fingerprint density at radius 3 is 1.48 bits per heavy atom. The second kappa shape index (κ2) is 38.1. The van der Waals surface area contributed by atoms with E-state index >= 15 is 0 Å². The number of carbonyl (C=O) groups is 2. The van der Waals surface area contributed by atoms with Crippen molar-refractivity contribution < 1.29 is 24.2 Å². The van der Waals surface area contributed by atoms with Crippen LogP contribution < -0.4 is 0 Å². The molecule has 6 heteroatoms. The van der Waals surface area contributed by atoms with Gasteiger partial charge < -0.3 is 19.5 Å². The smallest absolute Gasteiger partial charge is 0.311 e. The van der Waals surface area contributed by atoms with Crippen LogP contribution in [-0.4, -0.2) is 60.9 Å². The van der Waals surface area contributed by atoms with E-state index in [4.69, 9.17) is 9.47 Å². The van der Waals surface area contributed by atoms with Gasteiger partial charge in [-0.25, -0.2) is 0 Å². The van der Waals surface area contributed by atoms with Crippen molar-refractivity contribution in [3.05, 3.63) is 0 Å². The number of esters is 2. The Labute approximate surface area is 324 Å². The summed E-state index contributed by atoms with van der Waals surface area (Å²) in [6, 6.07) is 0. The molecule has 0 fully saturated rings. The highest BCUT2D eigenvalue weighted by Gasteiger charge is 2.30. The molecular weight excluding hydrogens is 647 g/mol. The standard InChI is InChI=1S/C46H91NO5/c1-6-9-12-15-18-19-24-33-42-51-44(49)36-27-30-39-47(40-31-32-41-48)38-29-23-22-28-37-46(4,5)45(50)52-43(34-25-20-16-13-10-7-2)35-26-21-17-14-11-8-3/h43,48H,6-42H2,1-5H3. The van der Waals surface area contributed by atoms with Gasteiger partial charge in [0.1, 0.15) is 6.10 Å². The highest BCUT2D eigenvalue weighted by Crippen LogP contribution is 2.28. The topological polar surface area (TPSA) is 76.1 Å². The summed E-state index contributed by atoms with van der Waals surface area (Å²) in [6.07, 6.45) is 37.0. The summed E-state index contributed by atoms with van der Waals surface area (Å²) >= 11 is 0. The molecule has 0 atom stereocenters. The van der Waals surface area contributed by atoms with E-state index in [1.54, 1.807) is 0 Å². The van der Waals surface area contributed by atoms with Crippen LogP contribution in [0.5, 0.6) is 0 Å². The predicted octanol–water partition coefficient (Wildman–Crippen LogP) is 13.3. The number of nitrogens with zero attached hydrogens (tertiary/aromatic N) is 1. The summed E-state index contributed by atoms with van der Waals surface area (Å²) in [4.78, 5) is 28.1. The number of hydrogen-bond acceptors (Lipinski definition) is 6. The van der Waals surface area contributed by atoms with Crippen molar-refractivity contribution in [3.63, 3.8) is 0 Å². The number of hydrogen-bond donors (Lipinski definition) is 1. The molecule has 0 aliphatic carbocycles. The predicted molar refractivity (Wildman–Crippen MR) is 223 cm³/mol. The number of aliphatic hydroxyl groups is 1. The van der Waals surface area contributed by atoms with Crippen LogP contribution in [0, 0.1) is 5.41 Å². The Morgan fingerprint density at radius 2 is 0.962 bits per heavy atom. The van der Waals surface area contributed by atoms with Gasteiger partial charge in [0, 0.05) is 13.0 Å². The average molecular weight is 738 g/mol. The number of rotatable bonds is 41. The summed E-state index contributed by atoms with van der Waals surface area (Å²) in [5.74, 6) is -0.0470. The largest absolute Gasteiger partial charge is 0.466 e. The minimum atomic E-state index is -0.439. The normalized spacial score (nSPS) is 11.9. The lowest BCUT2D eigenvalue weighted by atomic mass is 9.86. The molecule has 0 rings (SSSR count). The van der Waals surface area contributed by atoms with E-state index in [-0.39, 0.29) is 24.6 Å². The fourth-order valence-corrected chi connectivity index (χ4v) is 7.12. The molecule has 0 aromatic heterocycles. The number of unbranched alkanes of at least 4 members (excludes halogenated alkanes) is 22. The van der Waals surface area contributed by atoms with Crippen LogP contribution in [0.1, 0.15) is 240 Å². The molecule has 0 heterocycles. The third-order valence-electron chi connectivity index (χ3n) is 10.9. The van der Waals surface area contributed by atoms with E-state index in [9.17, 15) is 14.7 Å². The molecule has 52 heavy (non-hydrogen) atoms. The molecule has 0 unspecified atom stereocenters. The van der Waals surface area contributed by atoms with Gasteiger partial charge in [0.25, 0.3) is 0 Å². The van der Waals surface area contributed by atoms with Gasteiger partial charge >= 0.3 is 11.9 Å². The second-order valence-corrected chi connectivity index (χ2v) is 16.6.